The van der Waals surface area contributed by atoms with Gasteiger partial charge >= 0.3 is 0 Å². The van der Waals surface area contributed by atoms with E-state index in [-0.39, 0.29) is 0 Å². The summed E-state index contributed by atoms with van der Waals surface area (Å²) in [6.07, 6.45) is 1.49. The van der Waals surface area contributed by atoms with Crippen molar-refractivity contribution in [2.24, 2.45) is 0 Å². The molecule has 0 fully saturated rings. The second-order valence-corrected chi connectivity index (χ2v) is 5.57. The molecule has 0 spiro atoms. The molecule has 0 aromatic carbocycles. The lowest BCUT2D eigenvalue weighted by Gasteiger charge is -2.22. The fourth-order valence-corrected chi connectivity index (χ4v) is 2.95. The fourth-order valence-electron chi connectivity index (χ4n) is 1.28. The molecule has 0 aliphatic carbocycles. The molecule has 0 bridgehead atoms. The molecule has 1 rings (SSSR count). The quantitative estimate of drug-likeness (QED) is 0.867. The third kappa shape index (κ3) is 3.69. The van der Waals surface area contributed by atoms with Crippen LogP contribution in [0.3, 0.4) is 0 Å². The number of rotatable bonds is 5. The monoisotopic (exact) mass is 277 g/mol. The van der Waals surface area contributed by atoms with Crippen LogP contribution >= 0.6 is 27.3 Å². The first-order valence-corrected chi connectivity index (χ1v) is 6.31. The summed E-state index contributed by atoms with van der Waals surface area (Å²) in [5, 5.41) is 15.2. The zero-order valence-corrected chi connectivity index (χ0v) is 10.9. The van der Waals surface area contributed by atoms with Crippen LogP contribution in [0.25, 0.3) is 0 Å². The van der Waals surface area contributed by atoms with Crippen LogP contribution in [-0.2, 0) is 6.42 Å². The summed E-state index contributed by atoms with van der Waals surface area (Å²) in [6.45, 7) is 2.73. The molecule has 1 atom stereocenters. The van der Waals surface area contributed by atoms with E-state index in [0.717, 1.165) is 17.4 Å². The first kappa shape index (κ1) is 12.2. The average Bonchev–Trinajstić information content (AvgIpc) is 2.48. The third-order valence-electron chi connectivity index (χ3n) is 2.15. The number of aliphatic hydroxyl groups is 1. The minimum Gasteiger partial charge on any atom is -0.390 e. The molecule has 0 amide bonds. The number of halogens is 1. The Hall–Kier alpha value is 0.100. The van der Waals surface area contributed by atoms with E-state index in [9.17, 15) is 5.11 Å². The van der Waals surface area contributed by atoms with Gasteiger partial charge < -0.3 is 10.4 Å². The van der Waals surface area contributed by atoms with Crippen LogP contribution in [0, 0.1) is 0 Å². The maximum atomic E-state index is 10.1. The van der Waals surface area contributed by atoms with Gasteiger partial charge in [0, 0.05) is 15.8 Å². The van der Waals surface area contributed by atoms with E-state index in [1.165, 1.54) is 4.88 Å². The Morgan fingerprint density at radius 2 is 2.36 bits per heavy atom. The molecule has 0 saturated carbocycles. The first-order chi connectivity index (χ1) is 6.55. The van der Waals surface area contributed by atoms with Gasteiger partial charge in [0.2, 0.25) is 0 Å². The molecule has 1 aromatic heterocycles. The fraction of sp³-hybridized carbons (Fsp3) is 0.600. The predicted molar refractivity (Wildman–Crippen MR) is 64.9 cm³/mol. The molecule has 14 heavy (non-hydrogen) atoms. The van der Waals surface area contributed by atoms with Crippen molar-refractivity contribution in [2.75, 3.05) is 13.6 Å². The largest absolute Gasteiger partial charge is 0.390 e. The van der Waals surface area contributed by atoms with E-state index in [1.807, 2.05) is 25.4 Å². The van der Waals surface area contributed by atoms with Crippen molar-refractivity contribution in [1.82, 2.24) is 5.32 Å². The lowest BCUT2D eigenvalue weighted by molar-refractivity contribution is 0.0527. The van der Waals surface area contributed by atoms with Gasteiger partial charge in [-0.1, -0.05) is 0 Å². The predicted octanol–water partition coefficient (Wildman–Crippen LogP) is 2.41. The summed E-state index contributed by atoms with van der Waals surface area (Å²) in [4.78, 5) is 1.21. The van der Waals surface area contributed by atoms with Gasteiger partial charge in [0.1, 0.15) is 0 Å². The van der Waals surface area contributed by atoms with Gasteiger partial charge in [0.25, 0.3) is 0 Å². The molecule has 0 aliphatic rings. The second-order valence-electron chi connectivity index (χ2n) is 3.72. The van der Waals surface area contributed by atoms with Crippen molar-refractivity contribution in [2.45, 2.75) is 25.4 Å². The molecule has 0 aliphatic heterocycles. The smallest absolute Gasteiger partial charge is 0.0680 e. The summed E-state index contributed by atoms with van der Waals surface area (Å²) in [5.74, 6) is 0. The molecule has 80 valence electrons. The third-order valence-corrected chi connectivity index (χ3v) is 4.07. The van der Waals surface area contributed by atoms with Crippen molar-refractivity contribution in [3.63, 3.8) is 0 Å². The maximum absolute atomic E-state index is 10.1. The molecule has 0 radical (unpaired) electrons. The minimum absolute atomic E-state index is 0.615. The average molecular weight is 278 g/mol. The summed E-state index contributed by atoms with van der Waals surface area (Å²) in [7, 11) is 1.90. The van der Waals surface area contributed by atoms with Crippen molar-refractivity contribution < 1.29 is 5.11 Å². The van der Waals surface area contributed by atoms with Crippen molar-refractivity contribution in [3.8, 4) is 0 Å². The SMILES string of the molecule is CNCCC(C)(O)Cc1sccc1Br. The van der Waals surface area contributed by atoms with E-state index in [1.54, 1.807) is 11.3 Å². The topological polar surface area (TPSA) is 32.3 Å². The number of hydrogen-bond acceptors (Lipinski definition) is 3. The molecule has 1 heterocycles. The van der Waals surface area contributed by atoms with Crippen LogP contribution in [0.4, 0.5) is 0 Å². The van der Waals surface area contributed by atoms with E-state index in [0.29, 0.717) is 6.42 Å². The second kappa shape index (κ2) is 5.26. The summed E-state index contributed by atoms with van der Waals surface area (Å²) in [6, 6.07) is 2.02. The van der Waals surface area contributed by atoms with Crippen LogP contribution in [-0.4, -0.2) is 24.3 Å². The van der Waals surface area contributed by atoms with E-state index in [2.05, 4.69) is 21.2 Å². The van der Waals surface area contributed by atoms with Crippen LogP contribution in [0.1, 0.15) is 18.2 Å². The molecule has 1 aromatic rings. The Morgan fingerprint density at radius 3 is 2.86 bits per heavy atom. The Kier molecular flexibility index (Phi) is 4.57. The van der Waals surface area contributed by atoms with Crippen molar-refractivity contribution in [3.05, 3.63) is 20.8 Å². The first-order valence-electron chi connectivity index (χ1n) is 4.64. The van der Waals surface area contributed by atoms with Gasteiger partial charge in [-0.25, -0.2) is 0 Å². The van der Waals surface area contributed by atoms with Gasteiger partial charge in [-0.05, 0) is 54.3 Å². The van der Waals surface area contributed by atoms with Gasteiger partial charge in [-0.3, -0.25) is 0 Å². The van der Waals surface area contributed by atoms with Crippen LogP contribution in [0.2, 0.25) is 0 Å². The molecular weight excluding hydrogens is 262 g/mol. The molecule has 2 N–H and O–H groups in total. The molecule has 4 heteroatoms. The van der Waals surface area contributed by atoms with Crippen LogP contribution in [0.15, 0.2) is 15.9 Å². The van der Waals surface area contributed by atoms with Crippen LogP contribution in [0.5, 0.6) is 0 Å². The summed E-state index contributed by atoms with van der Waals surface area (Å²) >= 11 is 5.15. The Bertz CT molecular complexity index is 285. The van der Waals surface area contributed by atoms with Crippen molar-refractivity contribution in [1.29, 1.82) is 0 Å². The number of thiophene rings is 1. The van der Waals surface area contributed by atoms with Gasteiger partial charge in [0.05, 0.1) is 5.60 Å². The van der Waals surface area contributed by atoms with Gasteiger partial charge in [-0.15, -0.1) is 11.3 Å². The van der Waals surface area contributed by atoms with Crippen LogP contribution < -0.4 is 5.32 Å². The van der Waals surface area contributed by atoms with Crippen molar-refractivity contribution >= 4 is 27.3 Å². The Morgan fingerprint density at radius 1 is 1.64 bits per heavy atom. The standard InChI is InChI=1S/C10H16BrNOS/c1-10(13,4-5-12-2)7-9-8(11)3-6-14-9/h3,6,12-13H,4-5,7H2,1-2H3. The van der Waals surface area contributed by atoms with E-state index < -0.39 is 5.60 Å². The number of nitrogens with one attached hydrogen (secondary N) is 1. The highest BCUT2D eigenvalue weighted by atomic mass is 79.9. The summed E-state index contributed by atoms with van der Waals surface area (Å²) in [5.41, 5.74) is -0.615. The van der Waals surface area contributed by atoms with Gasteiger partial charge in [-0.2, -0.15) is 0 Å². The lowest BCUT2D eigenvalue weighted by Crippen LogP contribution is -2.31. The molecule has 2 nitrogen and oxygen atoms in total. The summed E-state index contributed by atoms with van der Waals surface area (Å²) < 4.78 is 1.10. The van der Waals surface area contributed by atoms with Gasteiger partial charge in [0.15, 0.2) is 0 Å². The number of hydrogen-bond donors (Lipinski definition) is 2. The Labute approximate surface area is 97.5 Å². The van der Waals surface area contributed by atoms with E-state index in [4.69, 9.17) is 0 Å². The molecule has 1 unspecified atom stereocenters. The van der Waals surface area contributed by atoms with E-state index >= 15 is 0 Å². The molecule has 0 saturated heterocycles. The highest BCUT2D eigenvalue weighted by molar-refractivity contribution is 9.10. The minimum atomic E-state index is -0.615. The zero-order chi connectivity index (χ0) is 10.6. The lowest BCUT2D eigenvalue weighted by atomic mass is 9.97. The zero-order valence-electron chi connectivity index (χ0n) is 8.51. The normalized spacial score (nSPS) is 15.4. The maximum Gasteiger partial charge on any atom is 0.0680 e. The highest BCUT2D eigenvalue weighted by Gasteiger charge is 2.21. The molecular formula is C10H16BrNOS. The highest BCUT2D eigenvalue weighted by Crippen LogP contribution is 2.27. The Balaban J connectivity index is 2.54.